The number of nitrogens with one attached hydrogen (secondary N) is 1. The van der Waals surface area contributed by atoms with Crippen molar-refractivity contribution in [1.82, 2.24) is 5.32 Å². The Morgan fingerprint density at radius 2 is 2.26 bits per heavy atom. The zero-order valence-electron chi connectivity index (χ0n) is 10.7. The van der Waals surface area contributed by atoms with E-state index in [2.05, 4.69) is 21.2 Å². The molecule has 1 amide bonds. The first-order valence-electron chi connectivity index (χ1n) is 6.08. The minimum Gasteiger partial charge on any atom is -0.383 e. The van der Waals surface area contributed by atoms with E-state index >= 15 is 0 Å². The third-order valence-electron chi connectivity index (χ3n) is 2.89. The number of thiophene rings is 1. The predicted octanol–water partition coefficient (Wildman–Crippen LogP) is 3.43. The number of rotatable bonds is 6. The van der Waals surface area contributed by atoms with Gasteiger partial charge in [-0.15, -0.1) is 11.3 Å². The number of carbonyl (C=O) groups is 1. The summed E-state index contributed by atoms with van der Waals surface area (Å²) in [5.74, 6) is -0.0274. The summed E-state index contributed by atoms with van der Waals surface area (Å²) in [5.41, 5.74) is 0.747. The number of amides is 1. The SMILES string of the molecule is COCC(CCBr)NC(=O)c1csc2ccccc12. The molecule has 0 radical (unpaired) electrons. The van der Waals surface area contributed by atoms with Gasteiger partial charge in [0.1, 0.15) is 0 Å². The first-order chi connectivity index (χ1) is 9.26. The third kappa shape index (κ3) is 3.55. The van der Waals surface area contributed by atoms with Gasteiger partial charge in [0.2, 0.25) is 0 Å². The number of benzene rings is 1. The maximum atomic E-state index is 12.3. The average Bonchev–Trinajstić information content (AvgIpc) is 2.83. The molecule has 3 nitrogen and oxygen atoms in total. The van der Waals surface area contributed by atoms with Gasteiger partial charge in [-0.2, -0.15) is 0 Å². The molecule has 5 heteroatoms. The van der Waals surface area contributed by atoms with Crippen molar-refractivity contribution in [2.45, 2.75) is 12.5 Å². The molecule has 1 atom stereocenters. The molecule has 19 heavy (non-hydrogen) atoms. The summed E-state index contributed by atoms with van der Waals surface area (Å²) >= 11 is 4.99. The molecule has 1 unspecified atom stereocenters. The normalized spacial score (nSPS) is 12.5. The van der Waals surface area contributed by atoms with E-state index in [1.807, 2.05) is 29.6 Å². The van der Waals surface area contributed by atoms with E-state index in [1.54, 1.807) is 18.4 Å². The first-order valence-corrected chi connectivity index (χ1v) is 8.08. The van der Waals surface area contributed by atoms with Crippen LogP contribution in [0.15, 0.2) is 29.6 Å². The van der Waals surface area contributed by atoms with Crippen LogP contribution in [0.5, 0.6) is 0 Å². The summed E-state index contributed by atoms with van der Waals surface area (Å²) in [4.78, 5) is 12.3. The summed E-state index contributed by atoms with van der Waals surface area (Å²) in [5, 5.41) is 6.79. The molecule has 0 aliphatic carbocycles. The Bertz CT molecular complexity index is 549. The van der Waals surface area contributed by atoms with E-state index in [0.717, 1.165) is 27.4 Å². The fourth-order valence-electron chi connectivity index (χ4n) is 1.95. The lowest BCUT2D eigenvalue weighted by Crippen LogP contribution is -2.38. The van der Waals surface area contributed by atoms with Crippen LogP contribution in [0, 0.1) is 0 Å². The number of hydrogen-bond acceptors (Lipinski definition) is 3. The smallest absolute Gasteiger partial charge is 0.253 e. The highest BCUT2D eigenvalue weighted by molar-refractivity contribution is 9.09. The molecule has 1 aromatic carbocycles. The second-order valence-electron chi connectivity index (χ2n) is 4.25. The Kier molecular flexibility index (Phi) is 5.36. The highest BCUT2D eigenvalue weighted by Crippen LogP contribution is 2.25. The minimum absolute atomic E-state index is 0.0274. The van der Waals surface area contributed by atoms with Gasteiger partial charge in [-0.05, 0) is 12.5 Å². The van der Waals surface area contributed by atoms with Gasteiger partial charge in [0.05, 0.1) is 18.2 Å². The van der Waals surface area contributed by atoms with Crippen molar-refractivity contribution in [2.75, 3.05) is 19.0 Å². The van der Waals surface area contributed by atoms with E-state index in [9.17, 15) is 4.79 Å². The van der Waals surface area contributed by atoms with E-state index in [4.69, 9.17) is 4.74 Å². The summed E-state index contributed by atoms with van der Waals surface area (Å²) < 4.78 is 6.26. The largest absolute Gasteiger partial charge is 0.383 e. The van der Waals surface area contributed by atoms with Gasteiger partial charge in [0, 0.05) is 27.9 Å². The lowest BCUT2D eigenvalue weighted by atomic mass is 10.1. The highest BCUT2D eigenvalue weighted by atomic mass is 79.9. The van der Waals surface area contributed by atoms with Crippen molar-refractivity contribution in [1.29, 1.82) is 0 Å². The van der Waals surface area contributed by atoms with Crippen molar-refractivity contribution in [3.05, 3.63) is 35.2 Å². The second kappa shape index (κ2) is 7.03. The molecule has 0 bridgehead atoms. The maximum absolute atomic E-state index is 12.3. The molecule has 0 saturated carbocycles. The number of methoxy groups -OCH3 is 1. The molecule has 1 heterocycles. The second-order valence-corrected chi connectivity index (χ2v) is 5.95. The fourth-order valence-corrected chi connectivity index (χ4v) is 3.44. The van der Waals surface area contributed by atoms with Gasteiger partial charge in [-0.25, -0.2) is 0 Å². The third-order valence-corrected chi connectivity index (χ3v) is 4.31. The Morgan fingerprint density at radius 1 is 1.47 bits per heavy atom. The molecule has 2 rings (SSSR count). The minimum atomic E-state index is -0.0274. The topological polar surface area (TPSA) is 38.3 Å². The van der Waals surface area contributed by atoms with Crippen molar-refractivity contribution in [3.8, 4) is 0 Å². The van der Waals surface area contributed by atoms with Crippen LogP contribution in [0.2, 0.25) is 0 Å². The monoisotopic (exact) mass is 341 g/mol. The molecule has 1 aromatic heterocycles. The lowest BCUT2D eigenvalue weighted by Gasteiger charge is -2.16. The molecule has 102 valence electrons. The average molecular weight is 342 g/mol. The molecular formula is C14H16BrNO2S. The summed E-state index contributed by atoms with van der Waals surface area (Å²) in [6, 6.07) is 7.99. The summed E-state index contributed by atoms with van der Waals surface area (Å²) in [7, 11) is 1.65. The Hall–Kier alpha value is -0.910. The number of halogens is 1. The summed E-state index contributed by atoms with van der Waals surface area (Å²) in [6.07, 6.45) is 0.849. The number of hydrogen-bond donors (Lipinski definition) is 1. The van der Waals surface area contributed by atoms with Crippen LogP contribution >= 0.6 is 27.3 Å². The van der Waals surface area contributed by atoms with Gasteiger partial charge < -0.3 is 10.1 Å². The number of fused-ring (bicyclic) bond motifs is 1. The van der Waals surface area contributed by atoms with Crippen LogP contribution in [0.25, 0.3) is 10.1 Å². The first kappa shape index (κ1) is 14.5. The number of ether oxygens (including phenoxy) is 1. The molecule has 0 aliphatic rings. The Labute approximate surface area is 125 Å². The summed E-state index contributed by atoms with van der Waals surface area (Å²) in [6.45, 7) is 0.527. The molecule has 0 saturated heterocycles. The van der Waals surface area contributed by atoms with E-state index in [1.165, 1.54) is 0 Å². The highest BCUT2D eigenvalue weighted by Gasteiger charge is 2.16. The molecule has 0 aliphatic heterocycles. The van der Waals surface area contributed by atoms with Gasteiger partial charge in [0.15, 0.2) is 0 Å². The van der Waals surface area contributed by atoms with E-state index in [0.29, 0.717) is 6.61 Å². The predicted molar refractivity (Wildman–Crippen MR) is 83.4 cm³/mol. The van der Waals surface area contributed by atoms with Crippen molar-refractivity contribution in [3.63, 3.8) is 0 Å². The molecule has 1 N–H and O–H groups in total. The van der Waals surface area contributed by atoms with Crippen LogP contribution in [-0.4, -0.2) is 31.0 Å². The molecular weight excluding hydrogens is 326 g/mol. The van der Waals surface area contributed by atoms with Crippen LogP contribution in [0.4, 0.5) is 0 Å². The fraction of sp³-hybridized carbons (Fsp3) is 0.357. The van der Waals surface area contributed by atoms with Gasteiger partial charge in [0.25, 0.3) is 5.91 Å². The quantitative estimate of drug-likeness (QED) is 0.817. The van der Waals surface area contributed by atoms with Crippen molar-refractivity contribution < 1.29 is 9.53 Å². The van der Waals surface area contributed by atoms with Gasteiger partial charge in [-0.3, -0.25) is 4.79 Å². The van der Waals surface area contributed by atoms with Crippen molar-refractivity contribution >= 4 is 43.3 Å². The van der Waals surface area contributed by atoms with E-state index in [-0.39, 0.29) is 11.9 Å². The Balaban J connectivity index is 2.14. The zero-order chi connectivity index (χ0) is 13.7. The maximum Gasteiger partial charge on any atom is 0.253 e. The number of carbonyl (C=O) groups excluding carboxylic acids is 1. The van der Waals surface area contributed by atoms with Gasteiger partial charge in [-0.1, -0.05) is 34.1 Å². The lowest BCUT2D eigenvalue weighted by molar-refractivity contribution is 0.0897. The van der Waals surface area contributed by atoms with E-state index < -0.39 is 0 Å². The molecule has 0 spiro atoms. The van der Waals surface area contributed by atoms with Gasteiger partial charge >= 0.3 is 0 Å². The Morgan fingerprint density at radius 3 is 3.00 bits per heavy atom. The standard InChI is InChI=1S/C14H16BrNO2S/c1-18-8-10(6-7-15)16-14(17)12-9-19-13-5-3-2-4-11(12)13/h2-5,9-10H,6-8H2,1H3,(H,16,17). The van der Waals surface area contributed by atoms with Crippen LogP contribution in [0.3, 0.4) is 0 Å². The van der Waals surface area contributed by atoms with Crippen LogP contribution in [-0.2, 0) is 4.74 Å². The van der Waals surface area contributed by atoms with Crippen LogP contribution < -0.4 is 5.32 Å². The van der Waals surface area contributed by atoms with Crippen molar-refractivity contribution in [2.24, 2.45) is 0 Å². The zero-order valence-corrected chi connectivity index (χ0v) is 13.1. The molecule has 0 fully saturated rings. The van der Waals surface area contributed by atoms with Crippen LogP contribution in [0.1, 0.15) is 16.8 Å². The number of alkyl halides is 1. The molecule has 2 aromatic rings.